The van der Waals surface area contributed by atoms with Crippen LogP contribution in [0.2, 0.25) is 0 Å². The average molecular weight is 593 g/mol. The lowest BCUT2D eigenvalue weighted by atomic mass is 9.90. The largest absolute Gasteiger partial charge is 0.468 e. The van der Waals surface area contributed by atoms with Gasteiger partial charge in [0.05, 0.1) is 50.8 Å². The molecule has 0 bridgehead atoms. The Morgan fingerprint density at radius 1 is 0.651 bits per heavy atom. The minimum absolute atomic E-state index is 0.0531. The van der Waals surface area contributed by atoms with Crippen LogP contribution in [0.1, 0.15) is 40.1 Å². The van der Waals surface area contributed by atoms with E-state index in [0.717, 1.165) is 0 Å². The first-order chi connectivity index (χ1) is 20.7. The molecule has 3 aromatic rings. The summed E-state index contributed by atoms with van der Waals surface area (Å²) in [5, 5.41) is 0. The molecule has 0 amide bonds. The van der Waals surface area contributed by atoms with Crippen LogP contribution in [-0.4, -0.2) is 65.2 Å². The van der Waals surface area contributed by atoms with Crippen LogP contribution in [0, 0.1) is 17.8 Å². The SMILES string of the molecule is Cc1cc(OC(=O)c2ccc(OCOCC3(C)COC3)cc2)ccc1OC(=O)c1ccc(OCOCC2(C)COC2)cc1. The molecule has 0 unspecified atom stereocenters. The summed E-state index contributed by atoms with van der Waals surface area (Å²) in [6.07, 6.45) is 0. The number of carbonyl (C=O) groups is 2. The van der Waals surface area contributed by atoms with Crippen LogP contribution in [0.25, 0.3) is 0 Å². The van der Waals surface area contributed by atoms with Gasteiger partial charge in [0, 0.05) is 10.8 Å². The van der Waals surface area contributed by atoms with Gasteiger partial charge in [-0.05, 0) is 79.2 Å². The van der Waals surface area contributed by atoms with Gasteiger partial charge in [0.15, 0.2) is 13.6 Å². The van der Waals surface area contributed by atoms with Crippen molar-refractivity contribution < 1.29 is 47.5 Å². The molecular weight excluding hydrogens is 556 g/mol. The molecule has 0 spiro atoms. The third kappa shape index (κ3) is 8.32. The van der Waals surface area contributed by atoms with Crippen LogP contribution in [0.5, 0.6) is 23.0 Å². The molecule has 0 radical (unpaired) electrons. The van der Waals surface area contributed by atoms with E-state index in [1.807, 2.05) is 0 Å². The molecule has 5 rings (SSSR count). The molecule has 3 aromatic carbocycles. The number of rotatable bonds is 14. The maximum atomic E-state index is 12.7. The van der Waals surface area contributed by atoms with Crippen molar-refractivity contribution in [1.29, 1.82) is 0 Å². The van der Waals surface area contributed by atoms with Crippen LogP contribution in [-0.2, 0) is 18.9 Å². The quantitative estimate of drug-likeness (QED) is 0.107. The van der Waals surface area contributed by atoms with Gasteiger partial charge in [0.1, 0.15) is 23.0 Å². The fourth-order valence-corrected chi connectivity index (χ4v) is 4.36. The van der Waals surface area contributed by atoms with Crippen molar-refractivity contribution in [2.45, 2.75) is 20.8 Å². The Morgan fingerprint density at radius 2 is 1.09 bits per heavy atom. The molecular formula is C33H36O10. The van der Waals surface area contributed by atoms with Gasteiger partial charge < -0.3 is 37.9 Å². The Bertz CT molecular complexity index is 1390. The highest BCUT2D eigenvalue weighted by Crippen LogP contribution is 2.28. The van der Waals surface area contributed by atoms with Gasteiger partial charge in [-0.3, -0.25) is 0 Å². The van der Waals surface area contributed by atoms with E-state index in [-0.39, 0.29) is 24.4 Å². The zero-order valence-corrected chi connectivity index (χ0v) is 24.6. The van der Waals surface area contributed by atoms with Crippen molar-refractivity contribution in [2.24, 2.45) is 10.8 Å². The average Bonchev–Trinajstić information content (AvgIpc) is 2.97. The van der Waals surface area contributed by atoms with E-state index in [9.17, 15) is 9.59 Å². The summed E-state index contributed by atoms with van der Waals surface area (Å²) in [7, 11) is 0. The summed E-state index contributed by atoms with van der Waals surface area (Å²) in [6.45, 7) is 10.1. The first-order valence-electron chi connectivity index (χ1n) is 14.0. The zero-order valence-electron chi connectivity index (χ0n) is 24.6. The molecule has 43 heavy (non-hydrogen) atoms. The van der Waals surface area contributed by atoms with Crippen LogP contribution >= 0.6 is 0 Å². The first-order valence-corrected chi connectivity index (χ1v) is 14.0. The van der Waals surface area contributed by atoms with Gasteiger partial charge in [0.25, 0.3) is 0 Å². The molecule has 2 fully saturated rings. The number of hydrogen-bond donors (Lipinski definition) is 0. The van der Waals surface area contributed by atoms with Crippen LogP contribution in [0.15, 0.2) is 66.7 Å². The molecule has 2 saturated heterocycles. The third-order valence-corrected chi connectivity index (χ3v) is 7.06. The maximum absolute atomic E-state index is 12.7. The molecule has 10 heteroatoms. The number of benzene rings is 3. The molecule has 0 aromatic heterocycles. The predicted octanol–water partition coefficient (Wildman–Crippen LogP) is 5.21. The Morgan fingerprint density at radius 3 is 1.51 bits per heavy atom. The Balaban J connectivity index is 1.05. The molecule has 2 aliphatic rings. The summed E-state index contributed by atoms with van der Waals surface area (Å²) in [6, 6.07) is 18.0. The Labute approximate surface area is 250 Å². The van der Waals surface area contributed by atoms with E-state index < -0.39 is 11.9 Å². The maximum Gasteiger partial charge on any atom is 0.343 e. The van der Waals surface area contributed by atoms with E-state index in [2.05, 4.69) is 13.8 Å². The molecule has 0 aliphatic carbocycles. The predicted molar refractivity (Wildman–Crippen MR) is 155 cm³/mol. The molecule has 2 aliphatic heterocycles. The Hall–Kier alpha value is -3.96. The number of hydrogen-bond acceptors (Lipinski definition) is 10. The van der Waals surface area contributed by atoms with Crippen molar-refractivity contribution in [2.75, 3.05) is 53.2 Å². The highest BCUT2D eigenvalue weighted by atomic mass is 16.7. The van der Waals surface area contributed by atoms with Crippen molar-refractivity contribution in [3.63, 3.8) is 0 Å². The fraction of sp³-hybridized carbons (Fsp3) is 0.394. The monoisotopic (exact) mass is 592 g/mol. The second-order valence-corrected chi connectivity index (χ2v) is 11.6. The normalized spacial score (nSPS) is 16.3. The van der Waals surface area contributed by atoms with E-state index in [1.165, 1.54) is 0 Å². The minimum atomic E-state index is -0.524. The summed E-state index contributed by atoms with van der Waals surface area (Å²) in [5.41, 5.74) is 1.47. The Kier molecular flexibility index (Phi) is 9.62. The lowest BCUT2D eigenvalue weighted by Gasteiger charge is -2.37. The standard InChI is InChI=1S/C33H36O10/c1-23-14-28(42-30(34)24-4-8-26(9-5-24)40-21-38-19-32(2)15-36-16-32)12-13-29(23)43-31(35)25-6-10-27(11-7-25)41-22-39-20-33(3)17-37-18-33/h4-14H,15-22H2,1-3H3. The van der Waals surface area contributed by atoms with E-state index >= 15 is 0 Å². The highest BCUT2D eigenvalue weighted by Gasteiger charge is 2.34. The number of carbonyl (C=O) groups excluding carboxylic acids is 2. The van der Waals surface area contributed by atoms with Crippen molar-refractivity contribution in [3.8, 4) is 23.0 Å². The summed E-state index contributed by atoms with van der Waals surface area (Å²) >= 11 is 0. The van der Waals surface area contributed by atoms with E-state index in [4.69, 9.17) is 37.9 Å². The summed E-state index contributed by atoms with van der Waals surface area (Å²) in [4.78, 5) is 25.4. The van der Waals surface area contributed by atoms with Gasteiger partial charge in [-0.15, -0.1) is 0 Å². The number of esters is 2. The van der Waals surface area contributed by atoms with Gasteiger partial charge >= 0.3 is 11.9 Å². The zero-order chi connectivity index (χ0) is 30.3. The topological polar surface area (TPSA) is 108 Å². The van der Waals surface area contributed by atoms with Crippen molar-refractivity contribution in [1.82, 2.24) is 0 Å². The molecule has 0 atom stereocenters. The summed E-state index contributed by atoms with van der Waals surface area (Å²) < 4.78 is 43.8. The van der Waals surface area contributed by atoms with Crippen LogP contribution in [0.4, 0.5) is 0 Å². The lowest BCUT2D eigenvalue weighted by Crippen LogP contribution is -2.43. The lowest BCUT2D eigenvalue weighted by molar-refractivity contribution is -0.151. The molecule has 10 nitrogen and oxygen atoms in total. The first kappa shape index (κ1) is 30.5. The van der Waals surface area contributed by atoms with E-state index in [0.29, 0.717) is 79.3 Å². The van der Waals surface area contributed by atoms with Gasteiger partial charge in [0.2, 0.25) is 0 Å². The molecule has 0 N–H and O–H groups in total. The number of ether oxygens (including phenoxy) is 8. The molecule has 0 saturated carbocycles. The van der Waals surface area contributed by atoms with E-state index in [1.54, 1.807) is 73.7 Å². The van der Waals surface area contributed by atoms with Crippen LogP contribution < -0.4 is 18.9 Å². The fourth-order valence-electron chi connectivity index (χ4n) is 4.36. The smallest absolute Gasteiger partial charge is 0.343 e. The highest BCUT2D eigenvalue weighted by molar-refractivity contribution is 5.92. The van der Waals surface area contributed by atoms with Gasteiger partial charge in [-0.25, -0.2) is 9.59 Å². The second kappa shape index (κ2) is 13.6. The van der Waals surface area contributed by atoms with Crippen LogP contribution in [0.3, 0.4) is 0 Å². The molecule has 2 heterocycles. The van der Waals surface area contributed by atoms with Crippen molar-refractivity contribution in [3.05, 3.63) is 83.4 Å². The third-order valence-electron chi connectivity index (χ3n) is 7.06. The summed E-state index contributed by atoms with van der Waals surface area (Å²) in [5.74, 6) is 0.793. The van der Waals surface area contributed by atoms with Gasteiger partial charge in [-0.1, -0.05) is 13.8 Å². The number of aryl methyl sites for hydroxylation is 1. The van der Waals surface area contributed by atoms with Crippen molar-refractivity contribution >= 4 is 11.9 Å². The van der Waals surface area contributed by atoms with Gasteiger partial charge in [-0.2, -0.15) is 0 Å². The molecule has 228 valence electrons. The second-order valence-electron chi connectivity index (χ2n) is 11.6. The minimum Gasteiger partial charge on any atom is -0.468 e.